The Hall–Kier alpha value is -2.02. The van der Waals surface area contributed by atoms with Crippen molar-refractivity contribution in [3.63, 3.8) is 0 Å². The fraction of sp³-hybridized carbons (Fsp3) is 0.667. The van der Waals surface area contributed by atoms with Crippen LogP contribution in [0.2, 0.25) is 0 Å². The first kappa shape index (κ1) is 14.2. The monoisotopic (exact) mass is 342 g/mol. The summed E-state index contributed by atoms with van der Waals surface area (Å²) in [5, 5.41) is 22.1. The summed E-state index contributed by atoms with van der Waals surface area (Å²) in [5.74, 6) is 7.11. The molecule has 0 heterocycles. The fourth-order valence-electron chi connectivity index (χ4n) is 7.23. The number of rotatable bonds is 5. The quantitative estimate of drug-likeness (QED) is 0.605. The molecule has 0 aromatic heterocycles. The van der Waals surface area contributed by atoms with Crippen LogP contribution >= 0.6 is 0 Å². The Labute approximate surface area is 143 Å². The van der Waals surface area contributed by atoms with Gasteiger partial charge in [0.05, 0.1) is 34.2 Å². The van der Waals surface area contributed by atoms with Crippen LogP contribution in [-0.2, 0) is 11.3 Å². The van der Waals surface area contributed by atoms with Gasteiger partial charge >= 0.3 is 0 Å². The SMILES string of the molecule is O=[N+]([O-])c1ccc(CO[C@@H]2C[C@@H]3[C@@H]4[C@@H]5C[C@@H]5[C@@H]5[C@@H]4[C@H]3[C@@H]52)c([N+](=O)[O-])c1. The lowest BCUT2D eigenvalue weighted by atomic mass is 9.43. The Morgan fingerprint density at radius 2 is 1.68 bits per heavy atom. The molecule has 5 fully saturated rings. The highest BCUT2D eigenvalue weighted by Gasteiger charge is 2.82. The van der Waals surface area contributed by atoms with E-state index >= 15 is 0 Å². The Morgan fingerprint density at radius 1 is 0.920 bits per heavy atom. The van der Waals surface area contributed by atoms with E-state index in [0.717, 1.165) is 53.9 Å². The van der Waals surface area contributed by atoms with Crippen molar-refractivity contribution in [2.45, 2.75) is 25.6 Å². The van der Waals surface area contributed by atoms with Crippen LogP contribution in [0.1, 0.15) is 18.4 Å². The molecule has 0 N–H and O–H groups in total. The molecule has 9 atom stereocenters. The maximum absolute atomic E-state index is 11.3. The first-order chi connectivity index (χ1) is 12.1. The van der Waals surface area contributed by atoms with Gasteiger partial charge in [-0.05, 0) is 66.3 Å². The molecule has 7 heteroatoms. The second-order valence-corrected chi connectivity index (χ2v) is 8.53. The standard InChI is InChI=1S/C18H18N2O5/c21-19(22)8-2-1-7(12(3-8)20(23)24)6-25-13-5-11-14-9-4-10(9)15-17(13)16(11)18(14)15/h1-3,9-11,13-18H,4-6H2/t9-,10+,11-,13-,14+,15+,16-,17-,18-/m1/s1. The topological polar surface area (TPSA) is 95.5 Å². The predicted octanol–water partition coefficient (Wildman–Crippen LogP) is 3.17. The molecule has 6 rings (SSSR count). The van der Waals surface area contributed by atoms with Crippen molar-refractivity contribution in [3.8, 4) is 0 Å². The smallest absolute Gasteiger partial charge is 0.281 e. The van der Waals surface area contributed by atoms with Gasteiger partial charge in [0.25, 0.3) is 11.4 Å². The molecule has 5 aliphatic rings. The van der Waals surface area contributed by atoms with Crippen LogP contribution in [0, 0.1) is 67.6 Å². The lowest BCUT2D eigenvalue weighted by molar-refractivity contribution is -0.394. The molecule has 5 aliphatic carbocycles. The predicted molar refractivity (Wildman–Crippen MR) is 85.5 cm³/mol. The molecular weight excluding hydrogens is 324 g/mol. The Kier molecular flexibility index (Phi) is 2.49. The maximum Gasteiger partial charge on any atom is 0.281 e. The number of nitro benzene ring substituents is 2. The van der Waals surface area contributed by atoms with Crippen LogP contribution < -0.4 is 0 Å². The summed E-state index contributed by atoms with van der Waals surface area (Å²) in [5.41, 5.74) is -0.0427. The molecule has 130 valence electrons. The fourth-order valence-corrected chi connectivity index (χ4v) is 7.23. The number of nitro groups is 2. The minimum Gasteiger partial charge on any atom is -0.373 e. The van der Waals surface area contributed by atoms with Crippen molar-refractivity contribution in [3.05, 3.63) is 44.0 Å². The van der Waals surface area contributed by atoms with Gasteiger partial charge in [-0.2, -0.15) is 0 Å². The highest BCUT2D eigenvalue weighted by molar-refractivity contribution is 5.48. The molecule has 0 saturated heterocycles. The Morgan fingerprint density at radius 3 is 2.44 bits per heavy atom. The van der Waals surface area contributed by atoms with Gasteiger partial charge in [0, 0.05) is 6.07 Å². The zero-order valence-corrected chi connectivity index (χ0v) is 13.5. The molecule has 1 aromatic rings. The zero-order valence-electron chi connectivity index (χ0n) is 13.5. The third-order valence-corrected chi connectivity index (χ3v) is 7.95. The number of hydrogen-bond donors (Lipinski definition) is 0. The molecule has 5 saturated carbocycles. The van der Waals surface area contributed by atoms with Crippen molar-refractivity contribution in [2.24, 2.45) is 47.3 Å². The number of benzene rings is 1. The van der Waals surface area contributed by atoms with Gasteiger partial charge in [-0.3, -0.25) is 20.2 Å². The minimum atomic E-state index is -0.608. The molecule has 0 bridgehead atoms. The van der Waals surface area contributed by atoms with E-state index in [1.165, 1.54) is 18.6 Å². The molecule has 0 amide bonds. The van der Waals surface area contributed by atoms with E-state index in [1.54, 1.807) is 0 Å². The van der Waals surface area contributed by atoms with E-state index in [2.05, 4.69) is 0 Å². The van der Waals surface area contributed by atoms with Crippen LogP contribution in [0.4, 0.5) is 11.4 Å². The van der Waals surface area contributed by atoms with E-state index in [0.29, 0.717) is 11.5 Å². The summed E-state index contributed by atoms with van der Waals surface area (Å²) < 4.78 is 6.16. The van der Waals surface area contributed by atoms with Crippen LogP contribution in [0.15, 0.2) is 18.2 Å². The summed E-state index contributed by atoms with van der Waals surface area (Å²) in [6.07, 6.45) is 2.75. The van der Waals surface area contributed by atoms with Gasteiger partial charge in [0.15, 0.2) is 0 Å². The van der Waals surface area contributed by atoms with Crippen molar-refractivity contribution in [2.75, 3.05) is 0 Å². The highest BCUT2D eigenvalue weighted by Crippen LogP contribution is 2.85. The number of hydrogen-bond acceptors (Lipinski definition) is 5. The second-order valence-electron chi connectivity index (χ2n) is 8.53. The minimum absolute atomic E-state index is 0.172. The van der Waals surface area contributed by atoms with Crippen molar-refractivity contribution in [1.82, 2.24) is 0 Å². The van der Waals surface area contributed by atoms with Crippen LogP contribution in [0.25, 0.3) is 0 Å². The molecule has 0 spiro atoms. The molecule has 0 aliphatic heterocycles. The van der Waals surface area contributed by atoms with E-state index in [9.17, 15) is 20.2 Å². The van der Waals surface area contributed by atoms with E-state index in [4.69, 9.17) is 4.74 Å². The van der Waals surface area contributed by atoms with Gasteiger partial charge in [-0.15, -0.1) is 0 Å². The molecule has 0 radical (unpaired) electrons. The summed E-state index contributed by atoms with van der Waals surface area (Å²) in [7, 11) is 0. The van der Waals surface area contributed by atoms with E-state index < -0.39 is 9.85 Å². The maximum atomic E-state index is 11.3. The van der Waals surface area contributed by atoms with E-state index in [1.807, 2.05) is 0 Å². The van der Waals surface area contributed by atoms with Crippen molar-refractivity contribution in [1.29, 1.82) is 0 Å². The van der Waals surface area contributed by atoms with Crippen LogP contribution in [-0.4, -0.2) is 16.0 Å². The van der Waals surface area contributed by atoms with Gasteiger partial charge < -0.3 is 4.74 Å². The number of non-ortho nitro benzene ring substituents is 1. The summed E-state index contributed by atoms with van der Waals surface area (Å²) >= 11 is 0. The number of ether oxygens (including phenoxy) is 1. The average Bonchev–Trinajstić information content (AvgIpc) is 3.24. The molecule has 7 nitrogen and oxygen atoms in total. The van der Waals surface area contributed by atoms with E-state index in [-0.39, 0.29) is 24.1 Å². The lowest BCUT2D eigenvalue weighted by Crippen LogP contribution is -2.59. The third-order valence-electron chi connectivity index (χ3n) is 7.95. The average molecular weight is 342 g/mol. The van der Waals surface area contributed by atoms with Gasteiger partial charge in [0.2, 0.25) is 0 Å². The van der Waals surface area contributed by atoms with Gasteiger partial charge in [0.1, 0.15) is 0 Å². The summed E-state index contributed by atoms with van der Waals surface area (Å²) in [6, 6.07) is 3.82. The van der Waals surface area contributed by atoms with Crippen molar-refractivity contribution >= 4 is 11.4 Å². The lowest BCUT2D eigenvalue weighted by Gasteiger charge is -2.61. The first-order valence-corrected chi connectivity index (χ1v) is 9.09. The van der Waals surface area contributed by atoms with Crippen LogP contribution in [0.5, 0.6) is 0 Å². The molecular formula is C18H18N2O5. The Balaban J connectivity index is 1.21. The zero-order chi connectivity index (χ0) is 17.0. The second kappa shape index (κ2) is 4.38. The first-order valence-electron chi connectivity index (χ1n) is 9.09. The molecule has 1 aromatic carbocycles. The molecule has 0 unspecified atom stereocenters. The normalized spacial score (nSPS) is 46.6. The summed E-state index contributed by atoms with van der Waals surface area (Å²) in [4.78, 5) is 20.9. The van der Waals surface area contributed by atoms with Gasteiger partial charge in [-0.1, -0.05) is 0 Å². The third kappa shape index (κ3) is 1.60. The highest BCUT2D eigenvalue weighted by atomic mass is 16.6. The summed E-state index contributed by atoms with van der Waals surface area (Å²) in [6.45, 7) is 0.172. The molecule has 25 heavy (non-hydrogen) atoms. The Bertz CT molecular complexity index is 826. The number of fused-ring (bicyclic) bond motifs is 5. The van der Waals surface area contributed by atoms with Crippen molar-refractivity contribution < 1.29 is 14.6 Å². The van der Waals surface area contributed by atoms with Gasteiger partial charge in [-0.25, -0.2) is 0 Å². The number of nitrogens with zero attached hydrogens (tertiary/aromatic N) is 2. The largest absolute Gasteiger partial charge is 0.373 e. The van der Waals surface area contributed by atoms with Crippen LogP contribution in [0.3, 0.4) is 0 Å².